The van der Waals surface area contributed by atoms with Gasteiger partial charge in [-0.3, -0.25) is 0 Å². The van der Waals surface area contributed by atoms with Crippen LogP contribution >= 0.6 is 7.26 Å². The summed E-state index contributed by atoms with van der Waals surface area (Å²) < 4.78 is 16.7. The zero-order valence-electron chi connectivity index (χ0n) is 20.7. The molecule has 1 heteroatoms. The van der Waals surface area contributed by atoms with Crippen molar-refractivity contribution in [1.82, 2.24) is 0 Å². The Morgan fingerprint density at radius 1 is 0.645 bits per heavy atom. The molecule has 0 nitrogen and oxygen atoms in total. The van der Waals surface area contributed by atoms with Gasteiger partial charge in [0.2, 0.25) is 0 Å². The molecule has 0 N–H and O–H groups in total. The maximum atomic E-state index is 8.64. The van der Waals surface area contributed by atoms with Gasteiger partial charge in [0.05, 0.1) is 8.90 Å². The molecule has 0 aliphatic carbocycles. The fourth-order valence-corrected chi connectivity index (χ4v) is 8.20. The molecule has 0 atom stereocenters. The third-order valence-electron chi connectivity index (χ3n) is 5.63. The molecule has 3 aromatic carbocycles. The second-order valence-corrected chi connectivity index (χ2v) is 11.4. The molecule has 3 aromatic rings. The zero-order valence-corrected chi connectivity index (χ0v) is 19.6. The van der Waals surface area contributed by atoms with E-state index in [9.17, 15) is 0 Å². The molecular formula is C30H36P+. The molecule has 0 aliphatic heterocycles. The van der Waals surface area contributed by atoms with Crippen LogP contribution in [0.5, 0.6) is 0 Å². The fraction of sp³-hybridized carbons (Fsp3) is 0.267. The highest BCUT2D eigenvalue weighted by Crippen LogP contribution is 2.55. The van der Waals surface area contributed by atoms with Crippen LogP contribution < -0.4 is 15.9 Å². The van der Waals surface area contributed by atoms with Crippen molar-refractivity contribution in [3.8, 4) is 0 Å². The van der Waals surface area contributed by atoms with Crippen LogP contribution in [0.4, 0.5) is 0 Å². The van der Waals surface area contributed by atoms with E-state index in [0.717, 1.165) is 25.4 Å². The van der Waals surface area contributed by atoms with Crippen molar-refractivity contribution in [2.45, 2.75) is 45.4 Å². The summed E-state index contributed by atoms with van der Waals surface area (Å²) in [5, 5.41) is 4.08. The third kappa shape index (κ3) is 6.52. The van der Waals surface area contributed by atoms with Crippen molar-refractivity contribution in [1.29, 1.82) is 0 Å². The van der Waals surface area contributed by atoms with Gasteiger partial charge >= 0.3 is 0 Å². The van der Waals surface area contributed by atoms with E-state index in [-0.39, 0.29) is 0 Å². The van der Waals surface area contributed by atoms with E-state index in [1.807, 2.05) is 12.2 Å². The van der Waals surface area contributed by atoms with Crippen LogP contribution in [0.3, 0.4) is 0 Å². The molecule has 0 aliphatic rings. The number of hydrogen-bond donors (Lipinski definition) is 0. The lowest BCUT2D eigenvalue weighted by Gasteiger charge is -2.27. The van der Waals surface area contributed by atoms with Crippen LogP contribution in [0, 0.1) is 0 Å². The van der Waals surface area contributed by atoms with Crippen molar-refractivity contribution in [2.75, 3.05) is 6.16 Å². The van der Waals surface area contributed by atoms with E-state index in [4.69, 9.17) is 2.74 Å². The van der Waals surface area contributed by atoms with Gasteiger partial charge in [-0.2, -0.15) is 0 Å². The summed E-state index contributed by atoms with van der Waals surface area (Å²) in [6, 6.07) is 33.9. The van der Waals surface area contributed by atoms with Crippen LogP contribution in [0.15, 0.2) is 115 Å². The van der Waals surface area contributed by atoms with Gasteiger partial charge in [-0.05, 0) is 55.7 Å². The summed E-state index contributed by atoms with van der Waals surface area (Å²) >= 11 is 0. The van der Waals surface area contributed by atoms with Crippen LogP contribution in [-0.4, -0.2) is 6.16 Å². The number of allylic oxidation sites excluding steroid dienone is 4. The van der Waals surface area contributed by atoms with Gasteiger partial charge in [-0.1, -0.05) is 98.6 Å². The lowest BCUT2D eigenvalue weighted by atomic mass is 10.2. The average Bonchev–Trinajstić information content (AvgIpc) is 2.86. The Bertz CT molecular complexity index is 914. The molecule has 0 saturated carbocycles. The van der Waals surface area contributed by atoms with E-state index < -0.39 is 7.26 Å². The first-order valence-corrected chi connectivity index (χ1v) is 13.5. The Hall–Kier alpha value is -2.43. The molecule has 0 saturated heterocycles. The smallest absolute Gasteiger partial charge is 0.0882 e. The van der Waals surface area contributed by atoms with Crippen LogP contribution in [0.1, 0.15) is 48.2 Å². The highest BCUT2D eigenvalue weighted by Gasteiger charge is 2.44. The number of benzene rings is 3. The predicted octanol–water partition coefficient (Wildman–Crippen LogP) is 7.45. The largest absolute Gasteiger partial charge is 0.112 e. The molecule has 0 unspecified atom stereocenters. The van der Waals surface area contributed by atoms with Gasteiger partial charge in [-0.15, -0.1) is 0 Å². The molecule has 0 spiro atoms. The summed E-state index contributed by atoms with van der Waals surface area (Å²) in [6.07, 6.45) is 10.6. The standard InChI is InChI=1S/C30H36P/c1-2-3-4-5-6-7-8-9-10-20-27-31(28-21-14-11-15-22-28,29-23-16-12-17-24-29)30-25-18-13-19-26-30/h6-7,9-19,21-26H,2-5,8,20,27H2,1H3/q+1/b7-6-,10-9-/i6D,10D. The molecule has 0 heterocycles. The van der Waals surface area contributed by atoms with Crippen molar-refractivity contribution >= 4 is 23.2 Å². The number of hydrogen-bond acceptors (Lipinski definition) is 0. The van der Waals surface area contributed by atoms with Crippen molar-refractivity contribution < 1.29 is 2.74 Å². The maximum Gasteiger partial charge on any atom is 0.112 e. The summed E-state index contributed by atoms with van der Waals surface area (Å²) in [4.78, 5) is 0. The molecule has 0 aromatic heterocycles. The van der Waals surface area contributed by atoms with Gasteiger partial charge in [0.15, 0.2) is 0 Å². The lowest BCUT2D eigenvalue weighted by molar-refractivity contribution is 0.728. The third-order valence-corrected chi connectivity index (χ3v) is 10.1. The Morgan fingerprint density at radius 3 is 1.55 bits per heavy atom. The summed E-state index contributed by atoms with van der Waals surface area (Å²) in [6.45, 7) is 2.19. The molecule has 0 fully saturated rings. The van der Waals surface area contributed by atoms with E-state index in [0.29, 0.717) is 18.5 Å². The molecule has 3 rings (SSSR count). The Morgan fingerprint density at radius 2 is 1.10 bits per heavy atom. The van der Waals surface area contributed by atoms with Gasteiger partial charge in [0.25, 0.3) is 0 Å². The fourth-order valence-electron chi connectivity index (χ4n) is 4.02. The average molecular weight is 430 g/mol. The number of rotatable bonds is 12. The van der Waals surface area contributed by atoms with Gasteiger partial charge < -0.3 is 0 Å². The van der Waals surface area contributed by atoms with Gasteiger partial charge in [0.1, 0.15) is 23.2 Å². The van der Waals surface area contributed by atoms with Crippen LogP contribution in [0.2, 0.25) is 0 Å². The van der Waals surface area contributed by atoms with Crippen LogP contribution in [-0.2, 0) is 0 Å². The maximum absolute atomic E-state index is 8.64. The van der Waals surface area contributed by atoms with E-state index >= 15 is 0 Å². The minimum absolute atomic E-state index is 0.666. The molecular weight excluding hydrogens is 391 g/mol. The Kier molecular flexibility index (Phi) is 8.64. The van der Waals surface area contributed by atoms with Crippen molar-refractivity contribution in [3.63, 3.8) is 0 Å². The monoisotopic (exact) mass is 429 g/mol. The van der Waals surface area contributed by atoms with Gasteiger partial charge in [0, 0.05) is 6.42 Å². The van der Waals surface area contributed by atoms with E-state index in [1.165, 1.54) is 28.8 Å². The minimum atomic E-state index is -1.89. The molecule has 31 heavy (non-hydrogen) atoms. The quantitative estimate of drug-likeness (QED) is 0.159. The number of unbranched alkanes of at least 4 members (excludes halogenated alkanes) is 2. The van der Waals surface area contributed by atoms with Crippen molar-refractivity contribution in [2.24, 2.45) is 0 Å². The highest BCUT2D eigenvalue weighted by atomic mass is 31.2. The first kappa shape index (κ1) is 20.5. The molecule has 160 valence electrons. The highest BCUT2D eigenvalue weighted by molar-refractivity contribution is 7.95. The summed E-state index contributed by atoms with van der Waals surface area (Å²) in [5.41, 5.74) is 0. The zero-order chi connectivity index (χ0) is 23.4. The van der Waals surface area contributed by atoms with Gasteiger partial charge in [-0.25, -0.2) is 0 Å². The Labute approximate surface area is 192 Å². The van der Waals surface area contributed by atoms with Crippen LogP contribution in [0.25, 0.3) is 0 Å². The normalized spacial score (nSPS) is 13.6. The van der Waals surface area contributed by atoms with E-state index in [1.54, 1.807) is 0 Å². The second-order valence-electron chi connectivity index (χ2n) is 7.80. The lowest BCUT2D eigenvalue weighted by Crippen LogP contribution is -2.33. The first-order chi connectivity index (χ1) is 16.2. The molecule has 0 radical (unpaired) electrons. The Balaban J connectivity index is 1.87. The molecule has 0 amide bonds. The summed E-state index contributed by atoms with van der Waals surface area (Å²) in [7, 11) is -1.89. The second kappa shape index (κ2) is 13.1. The minimum Gasteiger partial charge on any atom is -0.0882 e. The van der Waals surface area contributed by atoms with E-state index in [2.05, 4.69) is 97.9 Å². The SMILES string of the molecule is [2H]/C(=C/C/C=C(/[2H])CC[P+](c1ccccc1)(c1ccccc1)c1ccccc1)CCCCC. The van der Waals surface area contributed by atoms with Crippen molar-refractivity contribution in [3.05, 3.63) is 115 Å². The first-order valence-electron chi connectivity index (χ1n) is 12.5. The predicted molar refractivity (Wildman–Crippen MR) is 142 cm³/mol. The topological polar surface area (TPSA) is 0 Å². The molecule has 0 bridgehead atoms. The summed E-state index contributed by atoms with van der Waals surface area (Å²) in [5.74, 6) is 0.